The number of aldehydes is 1. The normalized spacial score (nSPS) is 9.55. The van der Waals surface area contributed by atoms with Gasteiger partial charge in [0, 0.05) is 5.56 Å². The van der Waals surface area contributed by atoms with Crippen LogP contribution in [0.5, 0.6) is 0 Å². The monoisotopic (exact) mass is 146 g/mol. The van der Waals surface area contributed by atoms with E-state index in [1.54, 1.807) is 0 Å². The lowest BCUT2D eigenvalue weighted by Crippen LogP contribution is -2.10. The molecule has 11 heavy (non-hydrogen) atoms. The number of carbonyl (C=O) groups is 1. The summed E-state index contributed by atoms with van der Waals surface area (Å²) in [4.78, 5) is 10.4. The van der Waals surface area contributed by atoms with Crippen molar-refractivity contribution in [3.05, 3.63) is 29.3 Å². The van der Waals surface area contributed by atoms with Crippen molar-refractivity contribution in [1.29, 1.82) is 0 Å². The molecule has 0 saturated heterocycles. The first-order chi connectivity index (χ1) is 5.27. The van der Waals surface area contributed by atoms with Crippen LogP contribution in [0.3, 0.4) is 0 Å². The molecule has 0 saturated carbocycles. The predicted octanol–water partition coefficient (Wildman–Crippen LogP) is 0.320. The molecule has 0 aliphatic rings. The minimum Gasteiger partial charge on any atom is -0.298 e. The molecule has 0 amide bonds. The van der Waals surface area contributed by atoms with Gasteiger partial charge in [0.15, 0.2) is 0 Å². The van der Waals surface area contributed by atoms with Gasteiger partial charge >= 0.3 is 0 Å². The van der Waals surface area contributed by atoms with E-state index in [0.717, 1.165) is 18.3 Å². The average molecular weight is 146 g/mol. The van der Waals surface area contributed by atoms with Crippen LogP contribution in [0.25, 0.3) is 0 Å². The number of carbonyl (C=O) groups excluding carboxylic acids is 1. The molecular formula is C9H11BO. The van der Waals surface area contributed by atoms with Crippen molar-refractivity contribution < 1.29 is 4.79 Å². The van der Waals surface area contributed by atoms with Crippen molar-refractivity contribution in [1.82, 2.24) is 0 Å². The zero-order chi connectivity index (χ0) is 8.27. The molecule has 1 nitrogen and oxygen atoms in total. The van der Waals surface area contributed by atoms with Crippen LogP contribution in [0, 0.1) is 0 Å². The number of hydrogen-bond acceptors (Lipinski definition) is 1. The predicted molar refractivity (Wildman–Crippen MR) is 49.4 cm³/mol. The van der Waals surface area contributed by atoms with Gasteiger partial charge in [0.1, 0.15) is 14.1 Å². The highest BCUT2D eigenvalue weighted by molar-refractivity contribution is 6.33. The van der Waals surface area contributed by atoms with E-state index in [-0.39, 0.29) is 0 Å². The summed E-state index contributed by atoms with van der Waals surface area (Å²) in [6, 6.07) is 5.80. The third-order valence-electron chi connectivity index (χ3n) is 1.88. The maximum atomic E-state index is 10.4. The summed E-state index contributed by atoms with van der Waals surface area (Å²) in [6.45, 7) is 2.11. The molecule has 0 aromatic heterocycles. The second-order valence-corrected chi connectivity index (χ2v) is 2.66. The zero-order valence-electron chi connectivity index (χ0n) is 6.92. The summed E-state index contributed by atoms with van der Waals surface area (Å²) in [5.41, 5.74) is 3.28. The van der Waals surface area contributed by atoms with Gasteiger partial charge < -0.3 is 0 Å². The molecular weight excluding hydrogens is 135 g/mol. The van der Waals surface area contributed by atoms with Crippen molar-refractivity contribution in [2.24, 2.45) is 0 Å². The summed E-state index contributed by atoms with van der Waals surface area (Å²) >= 11 is 0. The Labute approximate surface area is 67.8 Å². The first kappa shape index (κ1) is 8.06. The third-order valence-corrected chi connectivity index (χ3v) is 1.88. The smallest absolute Gasteiger partial charge is 0.150 e. The van der Waals surface area contributed by atoms with Gasteiger partial charge in [-0.05, 0) is 6.42 Å². The van der Waals surface area contributed by atoms with E-state index >= 15 is 0 Å². The standard InChI is InChI=1S/C9H11BO/c1-2-8-4-3-7(6-11)5-9(8)10/h3-6H,2,10H2,1H3. The molecule has 0 fully saturated rings. The SMILES string of the molecule is Bc1cc(C=O)ccc1CC. The van der Waals surface area contributed by atoms with Crippen LogP contribution in [0.4, 0.5) is 0 Å². The second-order valence-electron chi connectivity index (χ2n) is 2.66. The van der Waals surface area contributed by atoms with Crippen molar-refractivity contribution in [3.8, 4) is 0 Å². The Bertz CT molecular complexity index is 268. The van der Waals surface area contributed by atoms with Gasteiger partial charge in [0.05, 0.1) is 0 Å². The molecule has 0 radical (unpaired) electrons. The van der Waals surface area contributed by atoms with Crippen molar-refractivity contribution in [2.75, 3.05) is 0 Å². The number of hydrogen-bond donors (Lipinski definition) is 0. The average Bonchev–Trinajstić information content (AvgIpc) is 2.04. The molecule has 1 aromatic rings. The maximum absolute atomic E-state index is 10.4. The largest absolute Gasteiger partial charge is 0.298 e. The molecule has 0 spiro atoms. The van der Waals surface area contributed by atoms with E-state index in [4.69, 9.17) is 0 Å². The quantitative estimate of drug-likeness (QED) is 0.433. The molecule has 1 aromatic carbocycles. The fraction of sp³-hybridized carbons (Fsp3) is 0.222. The van der Waals surface area contributed by atoms with E-state index in [1.807, 2.05) is 26.0 Å². The van der Waals surface area contributed by atoms with Crippen LogP contribution in [0.1, 0.15) is 22.8 Å². The Balaban J connectivity index is 3.09. The zero-order valence-corrected chi connectivity index (χ0v) is 6.92. The van der Waals surface area contributed by atoms with Crippen molar-refractivity contribution in [3.63, 3.8) is 0 Å². The molecule has 0 unspecified atom stereocenters. The fourth-order valence-corrected chi connectivity index (χ4v) is 1.19. The molecule has 0 atom stereocenters. The molecule has 0 bridgehead atoms. The number of aryl methyl sites for hydroxylation is 1. The van der Waals surface area contributed by atoms with E-state index in [2.05, 4.69) is 6.92 Å². The summed E-state index contributed by atoms with van der Waals surface area (Å²) in [5, 5.41) is 0. The minimum atomic E-state index is 0.764. The Kier molecular flexibility index (Phi) is 2.47. The topological polar surface area (TPSA) is 17.1 Å². The molecule has 0 aliphatic carbocycles. The van der Waals surface area contributed by atoms with E-state index in [9.17, 15) is 4.79 Å². The van der Waals surface area contributed by atoms with Crippen LogP contribution in [-0.4, -0.2) is 14.1 Å². The van der Waals surface area contributed by atoms with Crippen molar-refractivity contribution >= 4 is 19.6 Å². The molecule has 0 N–H and O–H groups in total. The Morgan fingerprint density at radius 1 is 1.55 bits per heavy atom. The first-order valence-corrected chi connectivity index (χ1v) is 3.82. The van der Waals surface area contributed by atoms with Gasteiger partial charge in [-0.3, -0.25) is 4.79 Å². The molecule has 0 aliphatic heterocycles. The van der Waals surface area contributed by atoms with Crippen LogP contribution < -0.4 is 5.46 Å². The summed E-state index contributed by atoms with van der Waals surface area (Å²) in [5.74, 6) is 0. The summed E-state index contributed by atoms with van der Waals surface area (Å²) in [7, 11) is 2.03. The Hall–Kier alpha value is -1.05. The Morgan fingerprint density at radius 3 is 2.73 bits per heavy atom. The Morgan fingerprint density at radius 2 is 2.27 bits per heavy atom. The second kappa shape index (κ2) is 3.38. The van der Waals surface area contributed by atoms with Crippen LogP contribution in [0.2, 0.25) is 0 Å². The van der Waals surface area contributed by atoms with Gasteiger partial charge in [-0.2, -0.15) is 0 Å². The fourth-order valence-electron chi connectivity index (χ4n) is 1.19. The van der Waals surface area contributed by atoms with Gasteiger partial charge in [0.25, 0.3) is 0 Å². The minimum absolute atomic E-state index is 0.764. The number of benzene rings is 1. The highest BCUT2D eigenvalue weighted by atomic mass is 16.1. The van der Waals surface area contributed by atoms with E-state index < -0.39 is 0 Å². The summed E-state index contributed by atoms with van der Waals surface area (Å²) in [6.07, 6.45) is 1.91. The van der Waals surface area contributed by atoms with Crippen LogP contribution >= 0.6 is 0 Å². The van der Waals surface area contributed by atoms with Gasteiger partial charge in [0.2, 0.25) is 0 Å². The van der Waals surface area contributed by atoms with E-state index in [0.29, 0.717) is 0 Å². The number of rotatable bonds is 2. The van der Waals surface area contributed by atoms with E-state index in [1.165, 1.54) is 11.0 Å². The molecule has 56 valence electrons. The van der Waals surface area contributed by atoms with Gasteiger partial charge in [-0.25, -0.2) is 0 Å². The summed E-state index contributed by atoms with van der Waals surface area (Å²) < 4.78 is 0. The lowest BCUT2D eigenvalue weighted by atomic mass is 9.88. The molecule has 0 heterocycles. The lowest BCUT2D eigenvalue weighted by Gasteiger charge is -2.01. The highest BCUT2D eigenvalue weighted by Gasteiger charge is 1.95. The first-order valence-electron chi connectivity index (χ1n) is 3.82. The van der Waals surface area contributed by atoms with Gasteiger partial charge in [-0.1, -0.05) is 36.1 Å². The highest BCUT2D eigenvalue weighted by Crippen LogP contribution is 1.98. The van der Waals surface area contributed by atoms with Crippen molar-refractivity contribution in [2.45, 2.75) is 13.3 Å². The maximum Gasteiger partial charge on any atom is 0.150 e. The molecule has 1 rings (SSSR count). The van der Waals surface area contributed by atoms with Crippen LogP contribution in [-0.2, 0) is 6.42 Å². The van der Waals surface area contributed by atoms with Crippen LogP contribution in [0.15, 0.2) is 18.2 Å². The molecule has 2 heteroatoms. The third kappa shape index (κ3) is 1.70. The lowest BCUT2D eigenvalue weighted by molar-refractivity contribution is 0.112. The van der Waals surface area contributed by atoms with Gasteiger partial charge in [-0.15, -0.1) is 0 Å².